The first-order valence-corrected chi connectivity index (χ1v) is 5.70. The molecule has 2 atom stereocenters. The third-order valence-corrected chi connectivity index (χ3v) is 4.21. The van der Waals surface area contributed by atoms with Gasteiger partial charge >= 0.3 is 5.97 Å². The van der Waals surface area contributed by atoms with Crippen LogP contribution >= 0.6 is 11.6 Å². The monoisotopic (exact) mass is 251 g/mol. The zero-order valence-corrected chi connectivity index (χ0v) is 9.84. The van der Waals surface area contributed by atoms with Gasteiger partial charge in [-0.05, 0) is 24.5 Å². The molecule has 2 N–H and O–H groups in total. The van der Waals surface area contributed by atoms with Crippen LogP contribution in [0.4, 0.5) is 5.69 Å². The van der Waals surface area contributed by atoms with E-state index in [1.807, 2.05) is 13.0 Å². The Bertz CT molecular complexity index is 569. The first-order chi connectivity index (χ1) is 7.98. The minimum absolute atomic E-state index is 0.243. The Morgan fingerprint density at radius 2 is 2.29 bits per heavy atom. The highest BCUT2D eigenvalue weighted by molar-refractivity contribution is 6.35. The fourth-order valence-electron chi connectivity index (χ4n) is 2.63. The highest BCUT2D eigenvalue weighted by Crippen LogP contribution is 2.61. The smallest absolute Gasteiger partial charge is 0.307 e. The highest BCUT2D eigenvalue weighted by Gasteiger charge is 2.68. The van der Waals surface area contributed by atoms with Crippen molar-refractivity contribution in [1.29, 1.82) is 0 Å². The van der Waals surface area contributed by atoms with E-state index in [0.29, 0.717) is 17.1 Å². The predicted octanol–water partition coefficient (Wildman–Crippen LogP) is 1.94. The average molecular weight is 252 g/mol. The second-order valence-corrected chi connectivity index (χ2v) is 5.02. The minimum Gasteiger partial charge on any atom is -0.481 e. The summed E-state index contributed by atoms with van der Waals surface area (Å²) in [5.74, 6) is -1.79. The molecule has 1 amide bonds. The summed E-state index contributed by atoms with van der Waals surface area (Å²) in [7, 11) is 0. The molecule has 0 bridgehead atoms. The van der Waals surface area contributed by atoms with Crippen molar-refractivity contribution in [1.82, 2.24) is 0 Å². The molecule has 0 aromatic heterocycles. The summed E-state index contributed by atoms with van der Waals surface area (Å²) in [5, 5.41) is 12.2. The van der Waals surface area contributed by atoms with E-state index in [4.69, 9.17) is 16.7 Å². The molecular formula is C12H10ClNO3. The lowest BCUT2D eigenvalue weighted by Gasteiger charge is -2.07. The molecule has 3 rings (SSSR count). The van der Waals surface area contributed by atoms with E-state index in [9.17, 15) is 9.59 Å². The maximum atomic E-state index is 12.0. The van der Waals surface area contributed by atoms with Gasteiger partial charge in [0.1, 0.15) is 0 Å². The fraction of sp³-hybridized carbons (Fsp3) is 0.333. The Kier molecular flexibility index (Phi) is 1.88. The van der Waals surface area contributed by atoms with Gasteiger partial charge in [-0.15, -0.1) is 0 Å². The van der Waals surface area contributed by atoms with Gasteiger partial charge in [-0.2, -0.15) is 0 Å². The van der Waals surface area contributed by atoms with Crippen molar-refractivity contribution >= 4 is 29.2 Å². The summed E-state index contributed by atoms with van der Waals surface area (Å²) in [6.45, 7) is 1.85. The largest absolute Gasteiger partial charge is 0.481 e. The van der Waals surface area contributed by atoms with Gasteiger partial charge in [0.15, 0.2) is 0 Å². The summed E-state index contributed by atoms with van der Waals surface area (Å²) >= 11 is 6.12. The topological polar surface area (TPSA) is 66.4 Å². The van der Waals surface area contributed by atoms with Crippen molar-refractivity contribution in [3.63, 3.8) is 0 Å². The molecule has 17 heavy (non-hydrogen) atoms. The highest BCUT2D eigenvalue weighted by atomic mass is 35.5. The number of benzene rings is 1. The van der Waals surface area contributed by atoms with Crippen LogP contribution in [0.1, 0.15) is 17.5 Å². The molecule has 2 unspecified atom stereocenters. The zero-order valence-electron chi connectivity index (χ0n) is 9.08. The van der Waals surface area contributed by atoms with Gasteiger partial charge in [0.2, 0.25) is 5.91 Å². The number of fused-ring (bicyclic) bond motifs is 2. The van der Waals surface area contributed by atoms with E-state index >= 15 is 0 Å². The van der Waals surface area contributed by atoms with Crippen LogP contribution in [-0.2, 0) is 15.0 Å². The normalized spacial score (nSPS) is 29.1. The van der Waals surface area contributed by atoms with Crippen LogP contribution in [-0.4, -0.2) is 17.0 Å². The van der Waals surface area contributed by atoms with E-state index in [1.165, 1.54) is 0 Å². The SMILES string of the molecule is Cc1ccc2c(c1Cl)NC(=O)C21CC1C(=O)O. The number of anilines is 1. The van der Waals surface area contributed by atoms with Crippen LogP contribution in [0.2, 0.25) is 5.02 Å². The number of aryl methyl sites for hydroxylation is 1. The number of nitrogens with one attached hydrogen (secondary N) is 1. The van der Waals surface area contributed by atoms with Crippen molar-refractivity contribution in [2.24, 2.45) is 5.92 Å². The molecule has 0 radical (unpaired) electrons. The number of halogens is 1. The van der Waals surface area contributed by atoms with Crippen molar-refractivity contribution in [3.8, 4) is 0 Å². The molecular weight excluding hydrogens is 242 g/mol. The van der Waals surface area contributed by atoms with Gasteiger partial charge in [0, 0.05) is 0 Å². The number of carboxylic acids is 1. The molecule has 1 heterocycles. The van der Waals surface area contributed by atoms with Gasteiger partial charge < -0.3 is 10.4 Å². The van der Waals surface area contributed by atoms with E-state index in [0.717, 1.165) is 11.1 Å². The standard InChI is InChI=1S/C12H10ClNO3/c1-5-2-3-6-9(8(5)13)14-11(17)12(6)4-7(12)10(15)16/h2-3,7H,4H2,1H3,(H,14,17)(H,15,16). The quantitative estimate of drug-likeness (QED) is 0.802. The average Bonchev–Trinajstić information content (AvgIpc) is 2.94. The second-order valence-electron chi connectivity index (χ2n) is 4.64. The summed E-state index contributed by atoms with van der Waals surface area (Å²) in [6, 6.07) is 3.62. The number of carbonyl (C=O) groups excluding carboxylic acids is 1. The maximum absolute atomic E-state index is 12.0. The predicted molar refractivity (Wildman–Crippen MR) is 62.2 cm³/mol. The number of carbonyl (C=O) groups is 2. The van der Waals surface area contributed by atoms with E-state index in [-0.39, 0.29) is 5.91 Å². The van der Waals surface area contributed by atoms with E-state index in [1.54, 1.807) is 6.07 Å². The van der Waals surface area contributed by atoms with Crippen molar-refractivity contribution in [2.75, 3.05) is 5.32 Å². The first-order valence-electron chi connectivity index (χ1n) is 5.32. The van der Waals surface area contributed by atoms with Crippen LogP contribution in [0, 0.1) is 12.8 Å². The molecule has 1 aliphatic carbocycles. The van der Waals surface area contributed by atoms with Crippen LogP contribution in [0.25, 0.3) is 0 Å². The van der Waals surface area contributed by atoms with Gasteiger partial charge in [-0.3, -0.25) is 9.59 Å². The molecule has 1 fully saturated rings. The molecule has 88 valence electrons. The molecule has 2 aliphatic rings. The Labute approximate surface area is 103 Å². The molecule has 1 saturated carbocycles. The molecule has 1 aromatic carbocycles. The molecule has 5 heteroatoms. The van der Waals surface area contributed by atoms with Crippen LogP contribution in [0.5, 0.6) is 0 Å². The number of rotatable bonds is 1. The number of hydrogen-bond acceptors (Lipinski definition) is 2. The molecule has 1 spiro atoms. The van der Waals surface area contributed by atoms with Crippen molar-refractivity contribution < 1.29 is 14.7 Å². The number of hydrogen-bond donors (Lipinski definition) is 2. The first kappa shape index (κ1) is 10.6. The number of carboxylic acid groups (broad SMARTS) is 1. The van der Waals surface area contributed by atoms with Gasteiger partial charge in [-0.25, -0.2) is 0 Å². The summed E-state index contributed by atoms with van der Waals surface area (Å²) < 4.78 is 0. The third-order valence-electron chi connectivity index (χ3n) is 3.72. The maximum Gasteiger partial charge on any atom is 0.307 e. The summed E-state index contributed by atoms with van der Waals surface area (Å²) in [6.07, 6.45) is 0.362. The number of aliphatic carboxylic acids is 1. The molecule has 1 aromatic rings. The second kappa shape index (κ2) is 3.01. The van der Waals surface area contributed by atoms with Crippen LogP contribution < -0.4 is 5.32 Å². The lowest BCUT2D eigenvalue weighted by Crippen LogP contribution is -2.24. The van der Waals surface area contributed by atoms with Crippen molar-refractivity contribution in [3.05, 3.63) is 28.3 Å². The lowest BCUT2D eigenvalue weighted by molar-refractivity contribution is -0.140. The fourth-order valence-corrected chi connectivity index (χ4v) is 2.84. The van der Waals surface area contributed by atoms with Crippen LogP contribution in [0.15, 0.2) is 12.1 Å². The van der Waals surface area contributed by atoms with Crippen molar-refractivity contribution in [2.45, 2.75) is 18.8 Å². The Morgan fingerprint density at radius 1 is 1.59 bits per heavy atom. The molecule has 4 nitrogen and oxygen atoms in total. The zero-order chi connectivity index (χ0) is 12.4. The van der Waals surface area contributed by atoms with Gasteiger partial charge in [0.05, 0.1) is 22.0 Å². The van der Waals surface area contributed by atoms with E-state index in [2.05, 4.69) is 5.32 Å². The van der Waals surface area contributed by atoms with E-state index < -0.39 is 17.3 Å². The van der Waals surface area contributed by atoms with Crippen LogP contribution in [0.3, 0.4) is 0 Å². The van der Waals surface area contributed by atoms with Gasteiger partial charge in [0.25, 0.3) is 0 Å². The Balaban J connectivity index is 2.17. The summed E-state index contributed by atoms with van der Waals surface area (Å²) in [5.41, 5.74) is 1.31. The molecule has 0 saturated heterocycles. The number of amides is 1. The summed E-state index contributed by atoms with van der Waals surface area (Å²) in [4.78, 5) is 23.0. The Hall–Kier alpha value is -1.55. The lowest BCUT2D eigenvalue weighted by atomic mass is 9.94. The third kappa shape index (κ3) is 1.13. The minimum atomic E-state index is -0.926. The Morgan fingerprint density at radius 3 is 2.88 bits per heavy atom. The molecule has 1 aliphatic heterocycles. The van der Waals surface area contributed by atoms with Gasteiger partial charge in [-0.1, -0.05) is 23.7 Å².